The minimum Gasteiger partial charge on any atom is -0.278 e. The molecule has 0 saturated heterocycles. The average molecular weight is 640 g/mol. The topological polar surface area (TPSA) is 44.5 Å². The first-order valence-corrected chi connectivity index (χ1v) is 16.8. The van der Waals surface area contributed by atoms with Gasteiger partial charge < -0.3 is 0 Å². The van der Waals surface area contributed by atoms with Crippen molar-refractivity contribution in [3.05, 3.63) is 145 Å². The Labute approximate surface area is 283 Å². The molecule has 228 valence electrons. The Balaban J connectivity index is 1.15. The van der Waals surface area contributed by atoms with E-state index < -0.39 is 12.3 Å². The molecule has 0 unspecified atom stereocenters. The fourth-order valence-corrected chi connectivity index (χ4v) is 9.00. The van der Waals surface area contributed by atoms with Crippen molar-refractivity contribution in [1.82, 2.24) is 27.9 Å². The second kappa shape index (κ2) is 9.18. The van der Waals surface area contributed by atoms with E-state index in [0.29, 0.717) is 0 Å². The van der Waals surface area contributed by atoms with Gasteiger partial charge >= 0.3 is 0 Å². The number of hydrogen-bond donors (Lipinski definition) is 0. The molecule has 0 radical (unpaired) electrons. The van der Waals surface area contributed by atoms with Crippen LogP contribution in [0.2, 0.25) is 0 Å². The third-order valence-electron chi connectivity index (χ3n) is 9.95. The van der Waals surface area contributed by atoms with Crippen molar-refractivity contribution in [2.75, 3.05) is 0 Å². The summed E-state index contributed by atoms with van der Waals surface area (Å²) in [4.78, 5) is 12.0. The van der Waals surface area contributed by atoms with Crippen molar-refractivity contribution in [2.24, 2.45) is 0 Å². The summed E-state index contributed by atoms with van der Waals surface area (Å²) in [5.41, 5.74) is 9.94. The quantitative estimate of drug-likeness (QED) is 0.189. The zero-order valence-electron chi connectivity index (χ0n) is 28.8. The van der Waals surface area contributed by atoms with E-state index in [-0.39, 0.29) is 0 Å². The second-order valence-corrected chi connectivity index (χ2v) is 13.8. The molecule has 0 bridgehead atoms. The number of fused-ring (bicyclic) bond motifs is 12. The van der Waals surface area contributed by atoms with E-state index in [1.807, 2.05) is 67.6 Å². The molecule has 1 aliphatic heterocycles. The summed E-state index contributed by atoms with van der Waals surface area (Å²) in [5.74, 6) is 1.57. The second-order valence-electron chi connectivity index (χ2n) is 12.7. The number of rotatable bonds is 2. The highest BCUT2D eigenvalue weighted by molar-refractivity contribution is 7.99. The summed E-state index contributed by atoms with van der Waals surface area (Å²) >= 11 is 1.62. The molecule has 10 aromatic rings. The van der Waals surface area contributed by atoms with Crippen LogP contribution in [0.5, 0.6) is 0 Å². The van der Waals surface area contributed by atoms with E-state index in [0.717, 1.165) is 88.0 Å². The molecule has 5 heterocycles. The van der Waals surface area contributed by atoms with Crippen LogP contribution in [0.3, 0.4) is 0 Å². The van der Waals surface area contributed by atoms with Gasteiger partial charge in [0, 0.05) is 30.7 Å². The Kier molecular flexibility index (Phi) is 4.50. The van der Waals surface area contributed by atoms with Crippen LogP contribution in [0.1, 0.15) is 29.0 Å². The standard InChI is InChI=1S/C41H28N6S/c1-41(2)27-23-25(44-33-15-7-9-17-35(33)46-31-13-5-3-11-29(31)42-39(44)46)19-21-37(27)48-38-22-20-26(24-28(38)41)45-34-16-8-10-18-36(34)47-32-14-6-4-12-30(32)43-40(45)47/h3-24H,1-2H3/i1D3. The van der Waals surface area contributed by atoms with Gasteiger partial charge in [0.15, 0.2) is 0 Å². The van der Waals surface area contributed by atoms with Crippen molar-refractivity contribution in [1.29, 1.82) is 0 Å². The molecule has 0 amide bonds. The molecule has 0 atom stereocenters. The molecule has 4 aromatic heterocycles. The van der Waals surface area contributed by atoms with E-state index in [1.165, 1.54) is 0 Å². The minimum absolute atomic E-state index is 0.774. The highest BCUT2D eigenvalue weighted by Crippen LogP contribution is 2.50. The van der Waals surface area contributed by atoms with Gasteiger partial charge in [0.2, 0.25) is 11.6 Å². The van der Waals surface area contributed by atoms with E-state index >= 15 is 0 Å². The molecule has 0 fully saturated rings. The summed E-state index contributed by atoms with van der Waals surface area (Å²) in [6, 6.07) is 45.3. The Morgan fingerprint density at radius 1 is 0.521 bits per heavy atom. The van der Waals surface area contributed by atoms with Crippen LogP contribution in [0.15, 0.2) is 143 Å². The Morgan fingerprint density at radius 2 is 0.938 bits per heavy atom. The number of imidazole rings is 4. The van der Waals surface area contributed by atoms with Crippen molar-refractivity contribution in [2.45, 2.75) is 29.0 Å². The smallest absolute Gasteiger partial charge is 0.220 e. The first-order chi connectivity index (χ1) is 24.8. The monoisotopic (exact) mass is 639 g/mol. The Hall–Kier alpha value is -5.79. The van der Waals surface area contributed by atoms with E-state index in [4.69, 9.17) is 14.1 Å². The van der Waals surface area contributed by atoms with Gasteiger partial charge in [-0.05, 0) is 96.1 Å². The van der Waals surface area contributed by atoms with Crippen molar-refractivity contribution in [3.8, 4) is 11.4 Å². The number of hydrogen-bond acceptors (Lipinski definition) is 3. The summed E-state index contributed by atoms with van der Waals surface area (Å²) in [6.45, 7) is -0.480. The third kappa shape index (κ3) is 3.33. The predicted molar refractivity (Wildman–Crippen MR) is 195 cm³/mol. The van der Waals surface area contributed by atoms with Gasteiger partial charge in [-0.15, -0.1) is 0 Å². The summed E-state index contributed by atoms with van der Waals surface area (Å²) in [5, 5.41) is 0. The zero-order chi connectivity index (χ0) is 34.2. The first kappa shape index (κ1) is 23.5. The lowest BCUT2D eigenvalue weighted by molar-refractivity contribution is 0.606. The molecule has 0 saturated carbocycles. The van der Waals surface area contributed by atoms with Gasteiger partial charge in [-0.1, -0.05) is 74.1 Å². The van der Waals surface area contributed by atoms with Crippen LogP contribution >= 0.6 is 11.8 Å². The van der Waals surface area contributed by atoms with Crippen molar-refractivity contribution >= 4 is 67.5 Å². The Morgan fingerprint density at radius 3 is 1.40 bits per heavy atom. The fraction of sp³-hybridized carbons (Fsp3) is 0.0732. The van der Waals surface area contributed by atoms with Gasteiger partial charge in [0.1, 0.15) is 0 Å². The maximum Gasteiger partial charge on any atom is 0.220 e. The molecule has 1 aliphatic rings. The van der Waals surface area contributed by atoms with Crippen LogP contribution in [-0.2, 0) is 5.41 Å². The third-order valence-corrected chi connectivity index (χ3v) is 11.1. The molecular weight excluding hydrogens is 609 g/mol. The minimum atomic E-state index is -2.36. The summed E-state index contributed by atoms with van der Waals surface area (Å²) < 4.78 is 36.0. The molecule has 0 N–H and O–H groups in total. The number of para-hydroxylation sites is 8. The predicted octanol–water partition coefficient (Wildman–Crippen LogP) is 9.97. The molecule has 6 aromatic carbocycles. The maximum absolute atomic E-state index is 9.12. The maximum atomic E-state index is 9.12. The van der Waals surface area contributed by atoms with Crippen LogP contribution in [0, 0.1) is 0 Å². The van der Waals surface area contributed by atoms with Gasteiger partial charge in [-0.3, -0.25) is 17.9 Å². The lowest BCUT2D eigenvalue weighted by atomic mass is 9.77. The lowest BCUT2D eigenvalue weighted by Crippen LogP contribution is -2.24. The molecular formula is C41H28N6S. The normalized spacial score (nSPS) is 15.3. The number of nitrogens with zero attached hydrogens (tertiary/aromatic N) is 6. The molecule has 7 heteroatoms. The SMILES string of the molecule is [2H]C([2H])([2H])C1(C)c2cc(-n3c4ccccc4n4c5ccccc5nc34)ccc2Sc2ccc(-n3c4ccccc4n4c5ccccc5nc34)cc21. The summed E-state index contributed by atoms with van der Waals surface area (Å²) in [7, 11) is 0. The van der Waals surface area contributed by atoms with E-state index in [9.17, 15) is 0 Å². The van der Waals surface area contributed by atoms with Gasteiger partial charge in [0.25, 0.3) is 0 Å². The molecule has 11 rings (SSSR count). The van der Waals surface area contributed by atoms with E-state index in [1.54, 1.807) is 11.8 Å². The molecule has 6 nitrogen and oxygen atoms in total. The largest absolute Gasteiger partial charge is 0.278 e. The fourth-order valence-electron chi connectivity index (χ4n) is 7.75. The number of benzene rings is 6. The lowest BCUT2D eigenvalue weighted by Gasteiger charge is -2.35. The average Bonchev–Trinajstić information content (AvgIpc) is 3.87. The van der Waals surface area contributed by atoms with E-state index in [2.05, 4.69) is 90.7 Å². The highest BCUT2D eigenvalue weighted by Gasteiger charge is 2.34. The highest BCUT2D eigenvalue weighted by atomic mass is 32.2. The van der Waals surface area contributed by atoms with Crippen LogP contribution < -0.4 is 0 Å². The van der Waals surface area contributed by atoms with Gasteiger partial charge in [-0.25, -0.2) is 9.97 Å². The van der Waals surface area contributed by atoms with Crippen LogP contribution in [0.25, 0.3) is 67.1 Å². The first-order valence-electron chi connectivity index (χ1n) is 17.5. The van der Waals surface area contributed by atoms with Crippen molar-refractivity contribution < 1.29 is 4.11 Å². The molecule has 48 heavy (non-hydrogen) atoms. The van der Waals surface area contributed by atoms with Crippen LogP contribution in [-0.4, -0.2) is 27.9 Å². The van der Waals surface area contributed by atoms with Gasteiger partial charge in [0.05, 0.1) is 44.1 Å². The molecule has 0 spiro atoms. The molecule has 0 aliphatic carbocycles. The summed E-state index contributed by atoms with van der Waals surface area (Å²) in [6.07, 6.45) is 0. The van der Waals surface area contributed by atoms with Crippen molar-refractivity contribution in [3.63, 3.8) is 0 Å². The zero-order valence-corrected chi connectivity index (χ0v) is 26.6. The van der Waals surface area contributed by atoms with Gasteiger partial charge in [-0.2, -0.15) is 0 Å². The Bertz CT molecular complexity index is 2890. The van der Waals surface area contributed by atoms with Crippen LogP contribution in [0.4, 0.5) is 0 Å². The number of aromatic nitrogens is 6.